The second-order valence-corrected chi connectivity index (χ2v) is 2.14. The van der Waals surface area contributed by atoms with Crippen molar-refractivity contribution in [3.8, 4) is 0 Å². The molecule has 0 saturated carbocycles. The summed E-state index contributed by atoms with van der Waals surface area (Å²) in [6.45, 7) is 1.55. The summed E-state index contributed by atoms with van der Waals surface area (Å²) in [6.07, 6.45) is 0. The Morgan fingerprint density at radius 1 is 1.27 bits per heavy atom. The molecule has 0 amide bonds. The normalized spacial score (nSPS) is 15.0. The standard InChI is InChI=1S/C6H3NO4/c1-2-3-4(7-11-2)6(9)10-5(3)8/h1H3. The third-order valence-corrected chi connectivity index (χ3v) is 1.45. The van der Waals surface area contributed by atoms with Crippen molar-refractivity contribution in [3.63, 3.8) is 0 Å². The number of carbonyl (C=O) groups is 2. The van der Waals surface area contributed by atoms with Gasteiger partial charge in [-0.25, -0.2) is 9.59 Å². The Hall–Kier alpha value is -1.65. The predicted molar refractivity (Wildman–Crippen MR) is 31.0 cm³/mol. The number of hydrogen-bond donors (Lipinski definition) is 0. The Kier molecular flexibility index (Phi) is 0.934. The van der Waals surface area contributed by atoms with Gasteiger partial charge in [-0.15, -0.1) is 0 Å². The molecule has 1 aliphatic rings. The summed E-state index contributed by atoms with van der Waals surface area (Å²) >= 11 is 0. The first-order chi connectivity index (χ1) is 5.20. The van der Waals surface area contributed by atoms with Gasteiger partial charge in [0.1, 0.15) is 11.3 Å². The average Bonchev–Trinajstić information content (AvgIpc) is 2.41. The van der Waals surface area contributed by atoms with E-state index < -0.39 is 11.9 Å². The molecule has 0 unspecified atom stereocenters. The smallest absolute Gasteiger partial charge is 0.369 e. The van der Waals surface area contributed by atoms with Crippen molar-refractivity contribution in [2.24, 2.45) is 0 Å². The molecule has 1 aromatic heterocycles. The van der Waals surface area contributed by atoms with Crippen molar-refractivity contribution in [3.05, 3.63) is 17.0 Å². The number of hydrogen-bond acceptors (Lipinski definition) is 5. The van der Waals surface area contributed by atoms with Crippen molar-refractivity contribution in [1.29, 1.82) is 0 Å². The molecule has 11 heavy (non-hydrogen) atoms. The molecule has 5 heteroatoms. The summed E-state index contributed by atoms with van der Waals surface area (Å²) in [5.41, 5.74) is 0.127. The zero-order valence-electron chi connectivity index (χ0n) is 5.58. The number of carbonyl (C=O) groups excluding carboxylic acids is 2. The number of nitrogens with zero attached hydrogens (tertiary/aromatic N) is 1. The monoisotopic (exact) mass is 153 g/mol. The third-order valence-electron chi connectivity index (χ3n) is 1.45. The van der Waals surface area contributed by atoms with Crippen LogP contribution in [0.2, 0.25) is 0 Å². The minimum absolute atomic E-state index is 0.0208. The summed E-state index contributed by atoms with van der Waals surface area (Å²) in [5, 5.41) is 3.36. The molecule has 0 aromatic carbocycles. The maximum absolute atomic E-state index is 10.8. The molecule has 0 atom stereocenters. The van der Waals surface area contributed by atoms with Crippen molar-refractivity contribution < 1.29 is 18.8 Å². The van der Waals surface area contributed by atoms with Crippen molar-refractivity contribution in [2.45, 2.75) is 6.92 Å². The van der Waals surface area contributed by atoms with E-state index in [2.05, 4.69) is 14.4 Å². The Morgan fingerprint density at radius 2 is 2.00 bits per heavy atom. The van der Waals surface area contributed by atoms with Crippen LogP contribution < -0.4 is 0 Å². The predicted octanol–water partition coefficient (Wildman–Crippen LogP) is 0.294. The van der Waals surface area contributed by atoms with Crippen LogP contribution in [0.5, 0.6) is 0 Å². The number of cyclic esters (lactones) is 2. The van der Waals surface area contributed by atoms with E-state index >= 15 is 0 Å². The highest BCUT2D eigenvalue weighted by Gasteiger charge is 2.36. The van der Waals surface area contributed by atoms with Gasteiger partial charge >= 0.3 is 11.9 Å². The Morgan fingerprint density at radius 3 is 2.64 bits per heavy atom. The Balaban J connectivity index is 2.72. The van der Waals surface area contributed by atoms with Crippen LogP contribution in [0.4, 0.5) is 0 Å². The molecule has 0 spiro atoms. The topological polar surface area (TPSA) is 69.4 Å². The molecular formula is C6H3NO4. The molecule has 1 aliphatic heterocycles. The zero-order chi connectivity index (χ0) is 8.01. The van der Waals surface area contributed by atoms with Crippen LogP contribution in [0, 0.1) is 6.92 Å². The molecule has 0 aliphatic carbocycles. The number of ether oxygens (including phenoxy) is 1. The highest BCUT2D eigenvalue weighted by molar-refractivity contribution is 6.13. The van der Waals surface area contributed by atoms with Crippen LogP contribution in [0.1, 0.15) is 26.6 Å². The molecular weight excluding hydrogens is 150 g/mol. The van der Waals surface area contributed by atoms with Crippen molar-refractivity contribution in [1.82, 2.24) is 5.16 Å². The van der Waals surface area contributed by atoms with E-state index in [0.717, 1.165) is 0 Å². The van der Waals surface area contributed by atoms with Crippen LogP contribution in [0.25, 0.3) is 0 Å². The molecule has 2 heterocycles. The lowest BCUT2D eigenvalue weighted by Crippen LogP contribution is -1.99. The van der Waals surface area contributed by atoms with Crippen LogP contribution in [-0.2, 0) is 4.74 Å². The zero-order valence-corrected chi connectivity index (χ0v) is 5.58. The SMILES string of the molecule is Cc1onc2c1C(=O)OC2=O. The maximum atomic E-state index is 10.8. The second kappa shape index (κ2) is 1.69. The van der Waals surface area contributed by atoms with E-state index in [1.165, 1.54) is 0 Å². The molecule has 2 rings (SSSR count). The van der Waals surface area contributed by atoms with Gasteiger partial charge in [-0.2, -0.15) is 0 Å². The molecule has 0 bridgehead atoms. The first-order valence-corrected chi connectivity index (χ1v) is 2.93. The van der Waals surface area contributed by atoms with E-state index in [-0.39, 0.29) is 11.3 Å². The van der Waals surface area contributed by atoms with Gasteiger partial charge in [0.15, 0.2) is 0 Å². The average molecular weight is 153 g/mol. The second-order valence-electron chi connectivity index (χ2n) is 2.14. The van der Waals surface area contributed by atoms with E-state index in [0.29, 0.717) is 5.76 Å². The summed E-state index contributed by atoms with van der Waals surface area (Å²) in [4.78, 5) is 21.5. The van der Waals surface area contributed by atoms with Gasteiger partial charge in [0.25, 0.3) is 0 Å². The van der Waals surface area contributed by atoms with E-state index in [4.69, 9.17) is 0 Å². The number of esters is 2. The van der Waals surface area contributed by atoms with Gasteiger partial charge in [-0.1, -0.05) is 5.16 Å². The van der Waals surface area contributed by atoms with Gasteiger partial charge in [-0.3, -0.25) is 0 Å². The molecule has 0 saturated heterocycles. The minimum atomic E-state index is -0.734. The summed E-state index contributed by atoms with van der Waals surface area (Å²) < 4.78 is 8.86. The minimum Gasteiger partial charge on any atom is -0.384 e. The summed E-state index contributed by atoms with van der Waals surface area (Å²) in [5.74, 6) is -1.10. The van der Waals surface area contributed by atoms with E-state index in [1.807, 2.05) is 0 Å². The van der Waals surface area contributed by atoms with Crippen LogP contribution in [0.3, 0.4) is 0 Å². The lowest BCUT2D eigenvalue weighted by Gasteiger charge is -1.85. The fourth-order valence-electron chi connectivity index (χ4n) is 0.935. The highest BCUT2D eigenvalue weighted by Crippen LogP contribution is 2.21. The van der Waals surface area contributed by atoms with Crippen molar-refractivity contribution >= 4 is 11.9 Å². The fourth-order valence-corrected chi connectivity index (χ4v) is 0.935. The summed E-state index contributed by atoms with van der Waals surface area (Å²) in [6, 6.07) is 0. The lowest BCUT2D eigenvalue weighted by molar-refractivity contribution is 0.0433. The van der Waals surface area contributed by atoms with Crippen LogP contribution >= 0.6 is 0 Å². The largest absolute Gasteiger partial charge is 0.384 e. The number of rotatable bonds is 0. The van der Waals surface area contributed by atoms with Gasteiger partial charge in [-0.05, 0) is 6.92 Å². The van der Waals surface area contributed by atoms with Crippen LogP contribution in [-0.4, -0.2) is 17.1 Å². The number of aromatic nitrogens is 1. The molecule has 0 fully saturated rings. The quantitative estimate of drug-likeness (QED) is 0.395. The van der Waals surface area contributed by atoms with E-state index in [1.54, 1.807) is 6.92 Å². The molecule has 0 N–H and O–H groups in total. The maximum Gasteiger partial charge on any atom is 0.369 e. The number of aryl methyl sites for hydroxylation is 1. The molecule has 0 radical (unpaired) electrons. The van der Waals surface area contributed by atoms with Crippen LogP contribution in [0.15, 0.2) is 4.52 Å². The van der Waals surface area contributed by atoms with Crippen molar-refractivity contribution in [2.75, 3.05) is 0 Å². The first kappa shape index (κ1) is 6.09. The third kappa shape index (κ3) is 0.618. The van der Waals surface area contributed by atoms with Gasteiger partial charge in [0, 0.05) is 0 Å². The van der Waals surface area contributed by atoms with E-state index in [9.17, 15) is 9.59 Å². The first-order valence-electron chi connectivity index (χ1n) is 2.93. The molecule has 1 aromatic rings. The van der Waals surface area contributed by atoms with Gasteiger partial charge in [0.2, 0.25) is 5.69 Å². The summed E-state index contributed by atoms with van der Waals surface area (Å²) in [7, 11) is 0. The lowest BCUT2D eigenvalue weighted by atomic mass is 10.2. The molecule has 56 valence electrons. The van der Waals surface area contributed by atoms with Gasteiger partial charge in [0.05, 0.1) is 0 Å². The Bertz CT molecular complexity index is 351. The Labute approximate surface area is 60.9 Å². The molecule has 5 nitrogen and oxygen atoms in total. The fraction of sp³-hybridized carbons (Fsp3) is 0.167. The van der Waals surface area contributed by atoms with Gasteiger partial charge < -0.3 is 9.26 Å². The number of fused-ring (bicyclic) bond motifs is 1. The highest BCUT2D eigenvalue weighted by atomic mass is 16.6.